The van der Waals surface area contributed by atoms with E-state index >= 15 is 0 Å². The number of aromatic nitrogens is 6. The maximum absolute atomic E-state index is 11.7. The lowest BCUT2D eigenvalue weighted by Gasteiger charge is -1.97. The zero-order valence-corrected chi connectivity index (χ0v) is 8.45. The van der Waals surface area contributed by atoms with Gasteiger partial charge >= 0.3 is 0 Å². The zero-order chi connectivity index (χ0) is 10.8. The molecule has 0 saturated carbocycles. The Morgan fingerprint density at radius 1 is 1.47 bits per heavy atom. The normalized spacial score (nSPS) is 10.5. The average Bonchev–Trinajstić information content (AvgIpc) is 2.75. The van der Waals surface area contributed by atoms with E-state index in [0.29, 0.717) is 11.5 Å². The van der Waals surface area contributed by atoms with Crippen LogP contribution < -0.4 is 0 Å². The summed E-state index contributed by atoms with van der Waals surface area (Å²) in [5, 5.41) is 15.3. The standard InChI is InChI=1S/C8H10N6O/c1-13-6(3-4-9-13)7(15)5-8-10-12-14(2)11-8/h3-4H,5H2,1-2H3. The van der Waals surface area contributed by atoms with Crippen LogP contribution in [0.5, 0.6) is 0 Å². The van der Waals surface area contributed by atoms with Crippen molar-refractivity contribution in [2.45, 2.75) is 6.42 Å². The Hall–Kier alpha value is -2.05. The van der Waals surface area contributed by atoms with Gasteiger partial charge in [-0.3, -0.25) is 9.48 Å². The summed E-state index contributed by atoms with van der Waals surface area (Å²) in [5.41, 5.74) is 0.544. The first-order valence-corrected chi connectivity index (χ1v) is 4.41. The SMILES string of the molecule is Cn1nnc(CC(=O)c2ccnn2C)n1. The van der Waals surface area contributed by atoms with Crippen molar-refractivity contribution in [1.82, 2.24) is 30.0 Å². The highest BCUT2D eigenvalue weighted by atomic mass is 16.1. The number of hydrogen-bond donors (Lipinski definition) is 0. The number of rotatable bonds is 3. The number of Topliss-reactive ketones (excluding diaryl/α,β-unsaturated/α-hetero) is 1. The molecule has 7 heteroatoms. The van der Waals surface area contributed by atoms with Gasteiger partial charge in [-0.1, -0.05) is 0 Å². The van der Waals surface area contributed by atoms with E-state index in [4.69, 9.17) is 0 Å². The highest BCUT2D eigenvalue weighted by molar-refractivity contribution is 5.95. The van der Waals surface area contributed by atoms with Gasteiger partial charge in [0.1, 0.15) is 5.69 Å². The highest BCUT2D eigenvalue weighted by Gasteiger charge is 2.13. The summed E-state index contributed by atoms with van der Waals surface area (Å²) in [4.78, 5) is 13.1. The third kappa shape index (κ3) is 1.90. The minimum absolute atomic E-state index is 0.0667. The second-order valence-corrected chi connectivity index (χ2v) is 3.14. The summed E-state index contributed by atoms with van der Waals surface area (Å²) in [6.45, 7) is 0. The van der Waals surface area contributed by atoms with Crippen molar-refractivity contribution < 1.29 is 4.79 Å². The van der Waals surface area contributed by atoms with Gasteiger partial charge in [-0.2, -0.15) is 9.90 Å². The molecule has 0 atom stereocenters. The lowest BCUT2D eigenvalue weighted by molar-refractivity contribution is 0.0981. The minimum atomic E-state index is -0.0667. The molecule has 0 aliphatic carbocycles. The van der Waals surface area contributed by atoms with Crippen LogP contribution in [0.1, 0.15) is 16.3 Å². The number of carbonyl (C=O) groups excluding carboxylic acids is 1. The molecule has 0 saturated heterocycles. The third-order valence-electron chi connectivity index (χ3n) is 1.98. The van der Waals surface area contributed by atoms with Crippen LogP contribution in [-0.2, 0) is 20.5 Å². The smallest absolute Gasteiger partial charge is 0.188 e. The second-order valence-electron chi connectivity index (χ2n) is 3.14. The largest absolute Gasteiger partial charge is 0.292 e. The van der Waals surface area contributed by atoms with E-state index in [1.807, 2.05) is 0 Å². The fourth-order valence-corrected chi connectivity index (χ4v) is 1.28. The molecule has 0 amide bonds. The second kappa shape index (κ2) is 3.60. The van der Waals surface area contributed by atoms with Crippen molar-refractivity contribution in [3.8, 4) is 0 Å². The molecule has 78 valence electrons. The minimum Gasteiger partial charge on any atom is -0.292 e. The van der Waals surface area contributed by atoms with E-state index < -0.39 is 0 Å². The van der Waals surface area contributed by atoms with Gasteiger partial charge in [0.2, 0.25) is 0 Å². The van der Waals surface area contributed by atoms with E-state index in [9.17, 15) is 4.79 Å². The van der Waals surface area contributed by atoms with Crippen molar-refractivity contribution in [2.75, 3.05) is 0 Å². The Kier molecular flexibility index (Phi) is 2.28. The molecule has 2 aromatic heterocycles. The van der Waals surface area contributed by atoms with Gasteiger partial charge in [-0.25, -0.2) is 0 Å². The molecule has 15 heavy (non-hydrogen) atoms. The Morgan fingerprint density at radius 2 is 2.27 bits per heavy atom. The summed E-state index contributed by atoms with van der Waals surface area (Å²) in [7, 11) is 3.38. The third-order valence-corrected chi connectivity index (χ3v) is 1.98. The van der Waals surface area contributed by atoms with E-state index in [1.165, 1.54) is 9.48 Å². The molecule has 0 aromatic carbocycles. The van der Waals surface area contributed by atoms with Crippen LogP contribution in [0.3, 0.4) is 0 Å². The summed E-state index contributed by atoms with van der Waals surface area (Å²) >= 11 is 0. The number of ketones is 1. The molecule has 2 heterocycles. The lowest BCUT2D eigenvalue weighted by Crippen LogP contribution is -2.10. The first-order valence-electron chi connectivity index (χ1n) is 4.41. The summed E-state index contributed by atoms with van der Waals surface area (Å²) < 4.78 is 1.53. The van der Waals surface area contributed by atoms with E-state index in [-0.39, 0.29) is 12.2 Å². The highest BCUT2D eigenvalue weighted by Crippen LogP contribution is 2.01. The van der Waals surface area contributed by atoms with Crippen LogP contribution in [0, 0.1) is 0 Å². The molecule has 0 aliphatic heterocycles. The first-order chi connectivity index (χ1) is 7.16. The molecule has 0 aliphatic rings. The van der Waals surface area contributed by atoms with Gasteiger partial charge in [-0.05, 0) is 11.3 Å². The Morgan fingerprint density at radius 3 is 2.80 bits per heavy atom. The van der Waals surface area contributed by atoms with Crippen LogP contribution >= 0.6 is 0 Å². The van der Waals surface area contributed by atoms with Gasteiger partial charge in [0, 0.05) is 13.2 Å². The number of tetrazole rings is 1. The van der Waals surface area contributed by atoms with Gasteiger partial charge < -0.3 is 0 Å². The lowest BCUT2D eigenvalue weighted by atomic mass is 10.2. The number of aryl methyl sites for hydroxylation is 2. The van der Waals surface area contributed by atoms with E-state index in [1.54, 1.807) is 26.4 Å². The monoisotopic (exact) mass is 206 g/mol. The summed E-state index contributed by atoms with van der Waals surface area (Å²) in [6, 6.07) is 1.67. The van der Waals surface area contributed by atoms with Crippen LogP contribution in [0.25, 0.3) is 0 Å². The van der Waals surface area contributed by atoms with E-state index in [2.05, 4.69) is 20.5 Å². The Bertz CT molecular complexity index is 485. The molecule has 2 rings (SSSR count). The molecule has 0 bridgehead atoms. The Labute approximate surface area is 85.7 Å². The molecule has 0 N–H and O–H groups in total. The molecular weight excluding hydrogens is 196 g/mol. The van der Waals surface area contributed by atoms with E-state index in [0.717, 1.165) is 0 Å². The molecule has 0 radical (unpaired) electrons. The van der Waals surface area contributed by atoms with Crippen LogP contribution in [0.4, 0.5) is 0 Å². The zero-order valence-electron chi connectivity index (χ0n) is 8.45. The van der Waals surface area contributed by atoms with Crippen LogP contribution in [-0.4, -0.2) is 35.8 Å². The number of nitrogens with zero attached hydrogens (tertiary/aromatic N) is 6. The van der Waals surface area contributed by atoms with Crippen LogP contribution in [0.15, 0.2) is 12.3 Å². The van der Waals surface area contributed by atoms with Crippen LogP contribution in [0.2, 0.25) is 0 Å². The predicted molar refractivity (Wildman–Crippen MR) is 50.0 cm³/mol. The maximum atomic E-state index is 11.7. The van der Waals surface area contributed by atoms with Gasteiger partial charge in [0.15, 0.2) is 11.6 Å². The van der Waals surface area contributed by atoms with Crippen molar-refractivity contribution in [1.29, 1.82) is 0 Å². The molecule has 7 nitrogen and oxygen atoms in total. The molecule has 2 aromatic rings. The fraction of sp³-hybridized carbons (Fsp3) is 0.375. The van der Waals surface area contributed by atoms with Crippen molar-refractivity contribution in [3.05, 3.63) is 23.8 Å². The maximum Gasteiger partial charge on any atom is 0.188 e. The molecule has 0 spiro atoms. The summed E-state index contributed by atoms with van der Waals surface area (Å²) in [6.07, 6.45) is 1.73. The van der Waals surface area contributed by atoms with Crippen molar-refractivity contribution in [3.63, 3.8) is 0 Å². The number of hydrogen-bond acceptors (Lipinski definition) is 5. The topological polar surface area (TPSA) is 78.5 Å². The summed E-state index contributed by atoms with van der Waals surface area (Å²) in [5.74, 6) is 0.353. The molecular formula is C8H10N6O. The Balaban J connectivity index is 2.14. The number of carbonyl (C=O) groups is 1. The van der Waals surface area contributed by atoms with Gasteiger partial charge in [0.25, 0.3) is 0 Å². The van der Waals surface area contributed by atoms with Gasteiger partial charge in [-0.15, -0.1) is 10.2 Å². The van der Waals surface area contributed by atoms with Crippen molar-refractivity contribution in [2.24, 2.45) is 14.1 Å². The average molecular weight is 206 g/mol. The molecule has 0 fully saturated rings. The molecule has 0 unspecified atom stereocenters. The quantitative estimate of drug-likeness (QED) is 0.625. The van der Waals surface area contributed by atoms with Gasteiger partial charge in [0.05, 0.1) is 13.5 Å². The fourth-order valence-electron chi connectivity index (χ4n) is 1.28. The first kappa shape index (κ1) is 9.50. The predicted octanol–water partition coefficient (Wildman–Crippen LogP) is -0.631. The van der Waals surface area contributed by atoms with Crippen molar-refractivity contribution >= 4 is 5.78 Å².